The zero-order chi connectivity index (χ0) is 13.7. The zero-order valence-corrected chi connectivity index (χ0v) is 11.6. The van der Waals surface area contributed by atoms with E-state index in [1.807, 2.05) is 0 Å². The first kappa shape index (κ1) is 13.9. The Labute approximate surface area is 113 Å². The number of hydrogen-bond donors (Lipinski definition) is 2. The summed E-state index contributed by atoms with van der Waals surface area (Å²) < 4.78 is 10.2. The van der Waals surface area contributed by atoms with Crippen molar-refractivity contribution in [2.75, 3.05) is 26.1 Å². The number of nitrogens with one attached hydrogen (secondary N) is 1. The van der Waals surface area contributed by atoms with Gasteiger partial charge in [-0.1, -0.05) is 6.42 Å². The van der Waals surface area contributed by atoms with Crippen LogP contribution in [0.2, 0.25) is 0 Å². The summed E-state index contributed by atoms with van der Waals surface area (Å²) in [6.45, 7) is 0.837. The van der Waals surface area contributed by atoms with Crippen molar-refractivity contribution in [2.24, 2.45) is 11.7 Å². The Morgan fingerprint density at radius 1 is 1.26 bits per heavy atom. The molecule has 1 saturated carbocycles. The first-order chi connectivity index (χ1) is 9.21. The highest BCUT2D eigenvalue weighted by molar-refractivity contribution is 5.33. The molecule has 1 aliphatic rings. The molecule has 106 valence electrons. The molecular formula is C13H22N4O2. The lowest BCUT2D eigenvalue weighted by molar-refractivity contribution is 0.334. The normalized spacial score (nSPS) is 22.9. The minimum atomic E-state index is 0.335. The van der Waals surface area contributed by atoms with Crippen LogP contribution in [0.15, 0.2) is 6.07 Å². The molecule has 1 fully saturated rings. The highest BCUT2D eigenvalue weighted by Gasteiger charge is 2.19. The summed E-state index contributed by atoms with van der Waals surface area (Å²) in [5.41, 5.74) is 5.99. The van der Waals surface area contributed by atoms with E-state index in [9.17, 15) is 0 Å². The average Bonchev–Trinajstić information content (AvgIpc) is 2.44. The van der Waals surface area contributed by atoms with E-state index in [-0.39, 0.29) is 0 Å². The Morgan fingerprint density at radius 3 is 2.53 bits per heavy atom. The van der Waals surface area contributed by atoms with Crippen LogP contribution < -0.4 is 20.5 Å². The number of ether oxygens (including phenoxy) is 2. The van der Waals surface area contributed by atoms with Crippen LogP contribution >= 0.6 is 0 Å². The molecule has 3 N–H and O–H groups in total. The Morgan fingerprint density at radius 2 is 1.95 bits per heavy atom. The Balaban J connectivity index is 1.94. The van der Waals surface area contributed by atoms with Crippen LogP contribution in [0.25, 0.3) is 0 Å². The Bertz CT molecular complexity index is 391. The molecule has 0 spiro atoms. The van der Waals surface area contributed by atoms with Crippen LogP contribution in [0.3, 0.4) is 0 Å². The zero-order valence-electron chi connectivity index (χ0n) is 11.6. The van der Waals surface area contributed by atoms with Crippen molar-refractivity contribution in [3.63, 3.8) is 0 Å². The van der Waals surface area contributed by atoms with Gasteiger partial charge in [-0.25, -0.2) is 0 Å². The second-order valence-corrected chi connectivity index (χ2v) is 4.95. The lowest BCUT2D eigenvalue weighted by Crippen LogP contribution is -2.31. The van der Waals surface area contributed by atoms with Gasteiger partial charge >= 0.3 is 0 Å². The van der Waals surface area contributed by atoms with Crippen LogP contribution in [0.5, 0.6) is 11.8 Å². The largest absolute Gasteiger partial charge is 0.481 e. The van der Waals surface area contributed by atoms with Crippen molar-refractivity contribution >= 4 is 5.95 Å². The predicted octanol–water partition coefficient (Wildman–Crippen LogP) is 1.42. The molecule has 2 unspecified atom stereocenters. The maximum atomic E-state index is 5.99. The van der Waals surface area contributed by atoms with E-state index in [2.05, 4.69) is 15.3 Å². The summed E-state index contributed by atoms with van der Waals surface area (Å²) in [4.78, 5) is 8.50. The molecule has 0 aliphatic heterocycles. The quantitative estimate of drug-likeness (QED) is 0.839. The first-order valence-corrected chi connectivity index (χ1v) is 6.67. The smallest absolute Gasteiger partial charge is 0.229 e. The van der Waals surface area contributed by atoms with Crippen molar-refractivity contribution in [1.82, 2.24) is 9.97 Å². The molecule has 1 aromatic heterocycles. The van der Waals surface area contributed by atoms with Gasteiger partial charge < -0.3 is 20.5 Å². The third-order valence-electron chi connectivity index (χ3n) is 3.47. The van der Waals surface area contributed by atoms with Gasteiger partial charge in [0.15, 0.2) is 0 Å². The van der Waals surface area contributed by atoms with E-state index in [1.165, 1.54) is 12.8 Å². The number of nitrogens with zero attached hydrogens (tertiary/aromatic N) is 2. The third kappa shape index (κ3) is 3.96. The number of nitrogens with two attached hydrogens (primary N) is 1. The van der Waals surface area contributed by atoms with Gasteiger partial charge in [0, 0.05) is 12.6 Å². The molecular weight excluding hydrogens is 244 g/mol. The second-order valence-electron chi connectivity index (χ2n) is 4.95. The highest BCUT2D eigenvalue weighted by Crippen LogP contribution is 2.24. The van der Waals surface area contributed by atoms with Crippen molar-refractivity contribution < 1.29 is 9.47 Å². The van der Waals surface area contributed by atoms with Crippen molar-refractivity contribution in [3.05, 3.63) is 6.07 Å². The molecule has 6 nitrogen and oxygen atoms in total. The number of methoxy groups -OCH3 is 2. The summed E-state index contributed by atoms with van der Waals surface area (Å²) >= 11 is 0. The van der Waals surface area contributed by atoms with E-state index in [0.717, 1.165) is 19.4 Å². The summed E-state index contributed by atoms with van der Waals surface area (Å²) in [6.07, 6.45) is 4.62. The van der Waals surface area contributed by atoms with E-state index >= 15 is 0 Å². The lowest BCUT2D eigenvalue weighted by atomic mass is 9.86. The molecule has 0 aromatic carbocycles. The molecule has 0 saturated heterocycles. The Kier molecular flexibility index (Phi) is 4.79. The summed E-state index contributed by atoms with van der Waals surface area (Å²) in [7, 11) is 3.15. The molecule has 2 rings (SSSR count). The van der Waals surface area contributed by atoms with Crippen LogP contribution in [0, 0.1) is 5.92 Å². The number of hydrogen-bond acceptors (Lipinski definition) is 6. The highest BCUT2D eigenvalue weighted by atomic mass is 16.5. The second kappa shape index (κ2) is 6.56. The van der Waals surface area contributed by atoms with Crippen molar-refractivity contribution in [2.45, 2.75) is 31.7 Å². The van der Waals surface area contributed by atoms with Gasteiger partial charge in [0.2, 0.25) is 17.7 Å². The van der Waals surface area contributed by atoms with E-state index in [0.29, 0.717) is 29.7 Å². The molecule has 0 bridgehead atoms. The SMILES string of the molecule is COc1cc(OC)nc(NCC2CCCC(N)C2)n1. The van der Waals surface area contributed by atoms with Crippen molar-refractivity contribution in [1.29, 1.82) is 0 Å². The fourth-order valence-electron chi connectivity index (χ4n) is 2.45. The monoisotopic (exact) mass is 266 g/mol. The molecule has 0 amide bonds. The Hall–Kier alpha value is -1.56. The van der Waals surface area contributed by atoms with E-state index in [4.69, 9.17) is 15.2 Å². The van der Waals surface area contributed by atoms with Crippen molar-refractivity contribution in [3.8, 4) is 11.8 Å². The molecule has 6 heteroatoms. The number of anilines is 1. The average molecular weight is 266 g/mol. The van der Waals surface area contributed by atoms with Gasteiger partial charge in [-0.15, -0.1) is 0 Å². The third-order valence-corrected chi connectivity index (χ3v) is 3.47. The summed E-state index contributed by atoms with van der Waals surface area (Å²) in [5, 5.41) is 3.25. The molecule has 19 heavy (non-hydrogen) atoms. The van der Waals surface area contributed by atoms with Gasteiger partial charge in [0.25, 0.3) is 0 Å². The maximum Gasteiger partial charge on any atom is 0.229 e. The van der Waals surface area contributed by atoms with Gasteiger partial charge in [-0.3, -0.25) is 0 Å². The molecule has 2 atom stereocenters. The number of aromatic nitrogens is 2. The topological polar surface area (TPSA) is 82.3 Å². The fraction of sp³-hybridized carbons (Fsp3) is 0.692. The van der Waals surface area contributed by atoms with Gasteiger partial charge in [-0.2, -0.15) is 9.97 Å². The summed E-state index contributed by atoms with van der Waals surface area (Å²) in [6, 6.07) is 1.99. The fourth-order valence-corrected chi connectivity index (χ4v) is 2.45. The molecule has 1 heterocycles. The minimum absolute atomic E-state index is 0.335. The molecule has 1 aliphatic carbocycles. The predicted molar refractivity (Wildman–Crippen MR) is 73.6 cm³/mol. The van der Waals surface area contributed by atoms with Crippen LogP contribution in [-0.2, 0) is 0 Å². The molecule has 0 radical (unpaired) electrons. The molecule has 1 aromatic rings. The van der Waals surface area contributed by atoms with Crippen LogP contribution in [-0.4, -0.2) is 36.8 Å². The van der Waals surface area contributed by atoms with Gasteiger partial charge in [-0.05, 0) is 25.2 Å². The minimum Gasteiger partial charge on any atom is -0.481 e. The van der Waals surface area contributed by atoms with Gasteiger partial charge in [0.1, 0.15) is 0 Å². The van der Waals surface area contributed by atoms with E-state index < -0.39 is 0 Å². The lowest BCUT2D eigenvalue weighted by Gasteiger charge is -2.26. The summed E-state index contributed by atoms with van der Waals surface area (Å²) in [5.74, 6) is 2.12. The van der Waals surface area contributed by atoms with Crippen LogP contribution in [0.4, 0.5) is 5.95 Å². The standard InChI is InChI=1S/C13H22N4O2/c1-18-11-7-12(19-2)17-13(16-11)15-8-9-4-3-5-10(14)6-9/h7,9-10H,3-6,8,14H2,1-2H3,(H,15,16,17). The van der Waals surface area contributed by atoms with Crippen LogP contribution in [0.1, 0.15) is 25.7 Å². The maximum absolute atomic E-state index is 5.99. The first-order valence-electron chi connectivity index (χ1n) is 6.67. The van der Waals surface area contributed by atoms with Gasteiger partial charge in [0.05, 0.1) is 20.3 Å². The number of rotatable bonds is 5. The van der Waals surface area contributed by atoms with E-state index in [1.54, 1.807) is 20.3 Å².